The third kappa shape index (κ3) is 1.89. The van der Waals surface area contributed by atoms with Crippen LogP contribution in [0.15, 0.2) is 43.2 Å². The van der Waals surface area contributed by atoms with Crippen molar-refractivity contribution < 1.29 is 0 Å². The number of hydrogen-bond acceptors (Lipinski definition) is 1. The van der Waals surface area contributed by atoms with E-state index in [1.807, 2.05) is 7.05 Å². The van der Waals surface area contributed by atoms with E-state index in [1.54, 1.807) is 0 Å². The number of hydrogen-bond donors (Lipinski definition) is 1. The zero-order chi connectivity index (χ0) is 11.5. The van der Waals surface area contributed by atoms with Crippen molar-refractivity contribution in [2.24, 2.45) is 0 Å². The van der Waals surface area contributed by atoms with Gasteiger partial charge in [0.15, 0.2) is 0 Å². The Labute approximate surface area is 96.6 Å². The van der Waals surface area contributed by atoms with Crippen LogP contribution in [0.1, 0.15) is 18.9 Å². The van der Waals surface area contributed by atoms with Gasteiger partial charge in [0.1, 0.15) is 0 Å². The highest BCUT2D eigenvalue weighted by Gasteiger charge is 2.09. The van der Waals surface area contributed by atoms with Gasteiger partial charge in [-0.2, -0.15) is 0 Å². The zero-order valence-corrected chi connectivity index (χ0v) is 9.90. The molecule has 2 rings (SSSR count). The highest BCUT2D eigenvalue weighted by atomic mass is 14.9. The molecule has 84 valence electrons. The summed E-state index contributed by atoms with van der Waals surface area (Å²) in [5, 5.41) is 3.28. The third-order valence-corrected chi connectivity index (χ3v) is 3.07. The van der Waals surface area contributed by atoms with Crippen LogP contribution in [-0.2, 0) is 0 Å². The molecule has 16 heavy (non-hydrogen) atoms. The topological polar surface area (TPSA) is 16.4 Å². The summed E-state index contributed by atoms with van der Waals surface area (Å²) in [5.74, 6) is 0. The van der Waals surface area contributed by atoms with E-state index in [1.165, 1.54) is 11.1 Å². The van der Waals surface area contributed by atoms with Crippen LogP contribution in [0.3, 0.4) is 0 Å². The minimum atomic E-state index is 0.355. The van der Waals surface area contributed by atoms with Crippen LogP contribution in [0.4, 0.5) is 0 Å². The van der Waals surface area contributed by atoms with E-state index in [0.717, 1.165) is 12.0 Å². The Kier molecular flexibility index (Phi) is 3.11. The summed E-state index contributed by atoms with van der Waals surface area (Å²) in [4.78, 5) is 0. The number of fused-ring (bicyclic) bond motifs is 1. The molecule has 0 aliphatic heterocycles. The van der Waals surface area contributed by atoms with Gasteiger partial charge in [0.05, 0.1) is 0 Å². The summed E-state index contributed by atoms with van der Waals surface area (Å²) < 4.78 is 2.13. The Morgan fingerprint density at radius 3 is 2.94 bits per heavy atom. The van der Waals surface area contributed by atoms with Gasteiger partial charge in [0, 0.05) is 24.0 Å². The standard InChI is InChI=1S/C14H18N2/c1-4-14(15-3)11(2)12-7-8-13-6-5-9-16(13)10-12/h5-10,14-15H,2,4H2,1,3H3. The molecule has 0 fully saturated rings. The van der Waals surface area contributed by atoms with Crippen molar-refractivity contribution in [3.63, 3.8) is 0 Å². The van der Waals surface area contributed by atoms with Gasteiger partial charge in [0.2, 0.25) is 0 Å². The molecule has 0 aliphatic carbocycles. The lowest BCUT2D eigenvalue weighted by Gasteiger charge is -2.17. The van der Waals surface area contributed by atoms with Crippen molar-refractivity contribution in [2.45, 2.75) is 19.4 Å². The Balaban J connectivity index is 2.35. The fourth-order valence-corrected chi connectivity index (χ4v) is 2.05. The first-order valence-corrected chi connectivity index (χ1v) is 5.69. The zero-order valence-electron chi connectivity index (χ0n) is 9.90. The molecule has 0 aliphatic rings. The van der Waals surface area contributed by atoms with E-state index < -0.39 is 0 Å². The highest BCUT2D eigenvalue weighted by Crippen LogP contribution is 2.19. The summed E-state index contributed by atoms with van der Waals surface area (Å²) in [6, 6.07) is 8.77. The molecule has 0 saturated heterocycles. The Morgan fingerprint density at radius 2 is 2.25 bits per heavy atom. The van der Waals surface area contributed by atoms with E-state index in [0.29, 0.717) is 6.04 Å². The predicted molar refractivity (Wildman–Crippen MR) is 69.6 cm³/mol. The van der Waals surface area contributed by atoms with Gasteiger partial charge in [-0.05, 0) is 42.8 Å². The third-order valence-electron chi connectivity index (χ3n) is 3.07. The molecule has 0 radical (unpaired) electrons. The maximum absolute atomic E-state index is 4.18. The minimum Gasteiger partial charge on any atom is -0.323 e. The van der Waals surface area contributed by atoms with Gasteiger partial charge in [-0.25, -0.2) is 0 Å². The lowest BCUT2D eigenvalue weighted by Crippen LogP contribution is -2.25. The molecular formula is C14H18N2. The van der Waals surface area contributed by atoms with E-state index in [4.69, 9.17) is 0 Å². The van der Waals surface area contributed by atoms with E-state index >= 15 is 0 Å². The molecule has 1 N–H and O–H groups in total. The molecule has 0 saturated carbocycles. The first-order chi connectivity index (χ1) is 7.76. The SMILES string of the molecule is C=C(c1ccc2cccn2c1)C(CC)NC. The first kappa shape index (κ1) is 11.0. The van der Waals surface area contributed by atoms with Gasteiger partial charge in [-0.3, -0.25) is 0 Å². The van der Waals surface area contributed by atoms with Crippen molar-refractivity contribution in [3.05, 3.63) is 48.8 Å². The summed E-state index contributed by atoms with van der Waals surface area (Å²) in [6.07, 6.45) is 5.25. The molecule has 1 atom stereocenters. The molecule has 0 spiro atoms. The molecule has 0 amide bonds. The quantitative estimate of drug-likeness (QED) is 0.827. The van der Waals surface area contributed by atoms with Crippen molar-refractivity contribution in [1.82, 2.24) is 9.72 Å². The average Bonchev–Trinajstić information content (AvgIpc) is 2.77. The molecule has 2 heteroatoms. The van der Waals surface area contributed by atoms with Crippen molar-refractivity contribution in [2.75, 3.05) is 7.05 Å². The van der Waals surface area contributed by atoms with Gasteiger partial charge in [0.25, 0.3) is 0 Å². The summed E-state index contributed by atoms with van der Waals surface area (Å²) in [5.41, 5.74) is 3.57. The van der Waals surface area contributed by atoms with Crippen LogP contribution >= 0.6 is 0 Å². The fourth-order valence-electron chi connectivity index (χ4n) is 2.05. The second-order valence-electron chi connectivity index (χ2n) is 4.03. The lowest BCUT2D eigenvalue weighted by atomic mass is 10.00. The maximum Gasteiger partial charge on any atom is 0.0450 e. The van der Waals surface area contributed by atoms with Gasteiger partial charge >= 0.3 is 0 Å². The largest absolute Gasteiger partial charge is 0.323 e. The van der Waals surface area contributed by atoms with Crippen molar-refractivity contribution in [3.8, 4) is 0 Å². The van der Waals surface area contributed by atoms with Crippen LogP contribution in [0.5, 0.6) is 0 Å². The predicted octanol–water partition coefficient (Wildman–Crippen LogP) is 2.95. The van der Waals surface area contributed by atoms with Gasteiger partial charge in [-0.15, -0.1) is 0 Å². The molecule has 2 aromatic rings. The van der Waals surface area contributed by atoms with E-state index in [2.05, 4.69) is 59.9 Å². The number of pyridine rings is 1. The van der Waals surface area contributed by atoms with E-state index in [9.17, 15) is 0 Å². The van der Waals surface area contributed by atoms with Crippen molar-refractivity contribution >= 4 is 11.1 Å². The molecule has 2 heterocycles. The minimum absolute atomic E-state index is 0.355. The monoisotopic (exact) mass is 214 g/mol. The van der Waals surface area contributed by atoms with Crippen LogP contribution in [0.2, 0.25) is 0 Å². The normalized spacial score (nSPS) is 12.9. The summed E-state index contributed by atoms with van der Waals surface area (Å²) in [6.45, 7) is 6.35. The molecule has 0 bridgehead atoms. The number of rotatable bonds is 4. The molecule has 2 nitrogen and oxygen atoms in total. The number of likely N-dealkylation sites (N-methyl/N-ethyl adjacent to an activating group) is 1. The van der Waals surface area contributed by atoms with Crippen molar-refractivity contribution in [1.29, 1.82) is 0 Å². The highest BCUT2D eigenvalue weighted by molar-refractivity contribution is 5.68. The summed E-state index contributed by atoms with van der Waals surface area (Å²) >= 11 is 0. The Hall–Kier alpha value is -1.54. The Morgan fingerprint density at radius 1 is 1.44 bits per heavy atom. The lowest BCUT2D eigenvalue weighted by molar-refractivity contribution is 0.663. The number of aromatic nitrogens is 1. The second-order valence-corrected chi connectivity index (χ2v) is 4.03. The average molecular weight is 214 g/mol. The Bertz CT molecular complexity index is 492. The first-order valence-electron chi connectivity index (χ1n) is 5.69. The van der Waals surface area contributed by atoms with Gasteiger partial charge in [-0.1, -0.05) is 19.6 Å². The molecule has 0 aromatic carbocycles. The second kappa shape index (κ2) is 4.54. The van der Waals surface area contributed by atoms with E-state index in [-0.39, 0.29) is 0 Å². The van der Waals surface area contributed by atoms with Gasteiger partial charge < -0.3 is 9.72 Å². The fraction of sp³-hybridized carbons (Fsp3) is 0.286. The van der Waals surface area contributed by atoms with Crippen LogP contribution in [0.25, 0.3) is 11.1 Å². The smallest absolute Gasteiger partial charge is 0.0450 e. The molecule has 2 aromatic heterocycles. The molecular weight excluding hydrogens is 196 g/mol. The van der Waals surface area contributed by atoms with Crippen LogP contribution < -0.4 is 5.32 Å². The molecule has 1 unspecified atom stereocenters. The summed E-state index contributed by atoms with van der Waals surface area (Å²) in [7, 11) is 1.98. The maximum atomic E-state index is 4.18. The van der Waals surface area contributed by atoms with Crippen LogP contribution in [-0.4, -0.2) is 17.5 Å². The number of nitrogens with zero attached hydrogens (tertiary/aromatic N) is 1. The number of nitrogens with one attached hydrogen (secondary N) is 1. The van der Waals surface area contributed by atoms with Crippen LogP contribution in [0, 0.1) is 0 Å².